The van der Waals surface area contributed by atoms with Gasteiger partial charge in [-0.3, -0.25) is 4.79 Å². The summed E-state index contributed by atoms with van der Waals surface area (Å²) >= 11 is 0. The molecule has 3 aromatic heterocycles. The largest absolute Gasteiger partial charge is 0.326 e. The number of nitrogens with one attached hydrogen (secondary N) is 1. The lowest BCUT2D eigenvalue weighted by molar-refractivity contribution is -0.116. The number of fused-ring (bicyclic) bond motifs is 1. The second kappa shape index (κ2) is 6.94. The zero-order valence-corrected chi connectivity index (χ0v) is 15.0. The van der Waals surface area contributed by atoms with Crippen LogP contribution >= 0.6 is 0 Å². The first-order chi connectivity index (χ1) is 13.1. The van der Waals surface area contributed by atoms with E-state index in [0.29, 0.717) is 24.3 Å². The van der Waals surface area contributed by atoms with E-state index in [9.17, 15) is 4.79 Å². The minimum absolute atomic E-state index is 0.0665. The van der Waals surface area contributed by atoms with Gasteiger partial charge in [0, 0.05) is 23.5 Å². The van der Waals surface area contributed by atoms with Gasteiger partial charge < -0.3 is 5.32 Å². The molecule has 4 aromatic rings. The first kappa shape index (κ1) is 16.8. The summed E-state index contributed by atoms with van der Waals surface area (Å²) in [4.78, 5) is 21.0. The third kappa shape index (κ3) is 3.39. The highest BCUT2D eigenvalue weighted by atomic mass is 16.1. The van der Waals surface area contributed by atoms with E-state index in [0.717, 1.165) is 22.6 Å². The van der Waals surface area contributed by atoms with Crippen molar-refractivity contribution in [3.05, 3.63) is 59.9 Å². The molecule has 9 heteroatoms. The highest BCUT2D eigenvalue weighted by molar-refractivity contribution is 5.91. The molecular weight excluding hydrogens is 344 g/mol. The average Bonchev–Trinajstić information content (AvgIpc) is 3.33. The van der Waals surface area contributed by atoms with Crippen LogP contribution in [0.25, 0.3) is 11.5 Å². The second-order valence-electron chi connectivity index (χ2n) is 6.18. The molecule has 0 bridgehead atoms. The topological polar surface area (TPSA) is 103 Å². The van der Waals surface area contributed by atoms with Gasteiger partial charge in [-0.15, -0.1) is 5.10 Å². The van der Waals surface area contributed by atoms with Crippen LogP contribution in [0.2, 0.25) is 0 Å². The molecule has 0 saturated carbocycles. The van der Waals surface area contributed by atoms with E-state index >= 15 is 0 Å². The molecule has 0 aliphatic rings. The lowest BCUT2D eigenvalue weighted by Gasteiger charge is -2.11. The number of hydrogen-bond donors (Lipinski definition) is 1. The van der Waals surface area contributed by atoms with E-state index in [2.05, 4.69) is 30.7 Å². The van der Waals surface area contributed by atoms with Gasteiger partial charge in [0.2, 0.25) is 5.91 Å². The minimum atomic E-state index is -0.0665. The fraction of sp³-hybridized carbons (Fsp3) is 0.222. The average molecular weight is 362 g/mol. The molecule has 136 valence electrons. The Morgan fingerprint density at radius 2 is 2.15 bits per heavy atom. The molecule has 0 saturated heterocycles. The van der Waals surface area contributed by atoms with E-state index in [1.807, 2.05) is 38.1 Å². The molecule has 0 spiro atoms. The maximum absolute atomic E-state index is 12.4. The summed E-state index contributed by atoms with van der Waals surface area (Å²) in [6.45, 7) is 3.89. The lowest BCUT2D eigenvalue weighted by atomic mass is 10.1. The molecule has 4 rings (SSSR count). The van der Waals surface area contributed by atoms with Crippen molar-refractivity contribution in [1.29, 1.82) is 0 Å². The molecule has 0 aliphatic carbocycles. The minimum Gasteiger partial charge on any atom is -0.326 e. The summed E-state index contributed by atoms with van der Waals surface area (Å²) in [5.41, 5.74) is 4.38. The first-order valence-electron chi connectivity index (χ1n) is 8.54. The summed E-state index contributed by atoms with van der Waals surface area (Å²) < 4.78 is 3.34. The number of nitrogens with zero attached hydrogens (tertiary/aromatic N) is 7. The number of carbonyl (C=O) groups is 1. The molecular formula is C18H18N8O. The van der Waals surface area contributed by atoms with Gasteiger partial charge in [-0.25, -0.2) is 14.2 Å². The Kier molecular flexibility index (Phi) is 4.33. The van der Waals surface area contributed by atoms with E-state index < -0.39 is 0 Å². The summed E-state index contributed by atoms with van der Waals surface area (Å²) in [5, 5.41) is 14.9. The van der Waals surface area contributed by atoms with Crippen LogP contribution in [0.1, 0.15) is 23.4 Å². The number of rotatable bonds is 5. The molecule has 0 aliphatic heterocycles. The van der Waals surface area contributed by atoms with Crippen molar-refractivity contribution in [2.45, 2.75) is 26.7 Å². The Labute approximate surface area is 155 Å². The number of hydrogen-bond acceptors (Lipinski definition) is 6. The lowest BCUT2D eigenvalue weighted by Crippen LogP contribution is -2.14. The Bertz CT molecular complexity index is 1100. The predicted molar refractivity (Wildman–Crippen MR) is 98.6 cm³/mol. The van der Waals surface area contributed by atoms with Crippen molar-refractivity contribution in [3.63, 3.8) is 0 Å². The third-order valence-electron chi connectivity index (χ3n) is 4.41. The zero-order chi connectivity index (χ0) is 18.8. The van der Waals surface area contributed by atoms with Crippen molar-refractivity contribution in [2.75, 3.05) is 5.32 Å². The van der Waals surface area contributed by atoms with Crippen LogP contribution in [-0.4, -0.2) is 40.5 Å². The van der Waals surface area contributed by atoms with Gasteiger partial charge in [-0.2, -0.15) is 10.1 Å². The number of aryl methyl sites for hydroxylation is 2. The summed E-state index contributed by atoms with van der Waals surface area (Å²) in [7, 11) is 0. The molecule has 0 fully saturated rings. The quantitative estimate of drug-likeness (QED) is 0.581. The van der Waals surface area contributed by atoms with Crippen LogP contribution in [0.3, 0.4) is 0 Å². The highest BCUT2D eigenvalue weighted by Gasteiger charge is 2.13. The molecule has 0 unspecified atom stereocenters. The molecule has 3 heterocycles. The van der Waals surface area contributed by atoms with Gasteiger partial charge in [-0.1, -0.05) is 11.3 Å². The van der Waals surface area contributed by atoms with E-state index in [1.165, 1.54) is 6.33 Å². The Hall–Kier alpha value is -3.62. The molecule has 1 amide bonds. The van der Waals surface area contributed by atoms with Gasteiger partial charge in [0.15, 0.2) is 0 Å². The van der Waals surface area contributed by atoms with Crippen LogP contribution in [-0.2, 0) is 11.2 Å². The molecule has 9 nitrogen and oxygen atoms in total. The van der Waals surface area contributed by atoms with Crippen LogP contribution in [0.15, 0.2) is 43.0 Å². The number of aromatic nitrogens is 7. The van der Waals surface area contributed by atoms with Gasteiger partial charge in [0.25, 0.3) is 5.78 Å². The fourth-order valence-corrected chi connectivity index (χ4v) is 3.05. The Morgan fingerprint density at radius 1 is 1.26 bits per heavy atom. The van der Waals surface area contributed by atoms with Crippen molar-refractivity contribution in [3.8, 4) is 5.69 Å². The van der Waals surface area contributed by atoms with Crippen molar-refractivity contribution >= 4 is 17.4 Å². The monoisotopic (exact) mass is 362 g/mol. The van der Waals surface area contributed by atoms with Crippen LogP contribution in [0.4, 0.5) is 5.69 Å². The van der Waals surface area contributed by atoms with Gasteiger partial charge in [-0.05, 0) is 44.0 Å². The van der Waals surface area contributed by atoms with Crippen LogP contribution in [0.5, 0.6) is 0 Å². The van der Waals surface area contributed by atoms with Gasteiger partial charge in [0.05, 0.1) is 18.1 Å². The highest BCUT2D eigenvalue weighted by Crippen LogP contribution is 2.17. The molecule has 0 radical (unpaired) electrons. The van der Waals surface area contributed by atoms with Crippen molar-refractivity contribution in [1.82, 2.24) is 34.6 Å². The molecule has 1 N–H and O–H groups in total. The molecule has 0 atom stereocenters. The van der Waals surface area contributed by atoms with Gasteiger partial charge >= 0.3 is 0 Å². The summed E-state index contributed by atoms with van der Waals surface area (Å²) in [5.74, 6) is 0.506. The van der Waals surface area contributed by atoms with Crippen molar-refractivity contribution < 1.29 is 4.79 Å². The maximum Gasteiger partial charge on any atom is 0.252 e. The fourth-order valence-electron chi connectivity index (χ4n) is 3.05. The molecule has 1 aromatic carbocycles. The van der Waals surface area contributed by atoms with Gasteiger partial charge in [0.1, 0.15) is 6.33 Å². The summed E-state index contributed by atoms with van der Waals surface area (Å²) in [6.07, 6.45) is 5.76. The first-order valence-corrected chi connectivity index (χ1v) is 8.54. The van der Waals surface area contributed by atoms with Crippen LogP contribution in [0, 0.1) is 13.8 Å². The van der Waals surface area contributed by atoms with Crippen LogP contribution < -0.4 is 5.32 Å². The number of benzene rings is 1. The van der Waals surface area contributed by atoms with E-state index in [4.69, 9.17) is 0 Å². The zero-order valence-electron chi connectivity index (χ0n) is 15.0. The van der Waals surface area contributed by atoms with Crippen molar-refractivity contribution in [2.24, 2.45) is 0 Å². The summed E-state index contributed by atoms with van der Waals surface area (Å²) in [6, 6.07) is 7.46. The van der Waals surface area contributed by atoms with E-state index in [1.54, 1.807) is 21.6 Å². The number of amides is 1. The SMILES string of the molecule is Cc1nc2ncnn2c(C)c1CCC(=O)Nc1cccc(-n2ccnn2)c1. The predicted octanol–water partition coefficient (Wildman–Crippen LogP) is 1.89. The second-order valence-corrected chi connectivity index (χ2v) is 6.18. The smallest absolute Gasteiger partial charge is 0.252 e. The number of carbonyl (C=O) groups excluding carboxylic acids is 1. The Balaban J connectivity index is 1.46. The number of anilines is 1. The standard InChI is InChI=1S/C18H18N8O/c1-12-16(13(2)26-18(22-12)19-11-21-26)6-7-17(27)23-14-4-3-5-15(10-14)25-9-8-20-24-25/h3-5,8-11H,6-7H2,1-2H3,(H,23,27). The van der Waals surface area contributed by atoms with E-state index in [-0.39, 0.29) is 5.91 Å². The Morgan fingerprint density at radius 3 is 2.96 bits per heavy atom. The third-order valence-corrected chi connectivity index (χ3v) is 4.41. The molecule has 27 heavy (non-hydrogen) atoms. The normalized spacial score (nSPS) is 11.0. The maximum atomic E-state index is 12.4.